The molecule has 2 fully saturated rings. The van der Waals surface area contributed by atoms with Crippen LogP contribution in [0.1, 0.15) is 143 Å². The van der Waals surface area contributed by atoms with Gasteiger partial charge in [0.15, 0.2) is 0 Å². The quantitative estimate of drug-likeness (QED) is 0.303. The minimum atomic E-state index is 0.644. The summed E-state index contributed by atoms with van der Waals surface area (Å²) < 4.78 is 0. The molecule has 0 aromatic carbocycles. The van der Waals surface area contributed by atoms with Gasteiger partial charge in [-0.15, -0.1) is 0 Å². The van der Waals surface area contributed by atoms with Gasteiger partial charge in [-0.25, -0.2) is 0 Å². The van der Waals surface area contributed by atoms with Crippen LogP contribution in [0.15, 0.2) is 0 Å². The highest BCUT2D eigenvalue weighted by atomic mass is 14.3. The highest BCUT2D eigenvalue weighted by Crippen LogP contribution is 2.39. The van der Waals surface area contributed by atoms with Gasteiger partial charge in [0, 0.05) is 0 Å². The zero-order valence-corrected chi connectivity index (χ0v) is 18.7. The van der Waals surface area contributed by atoms with Crippen molar-refractivity contribution in [3.05, 3.63) is 0 Å². The average molecular weight is 363 g/mol. The van der Waals surface area contributed by atoms with Gasteiger partial charge in [0.05, 0.1) is 0 Å². The average Bonchev–Trinajstić information content (AvgIpc) is 2.62. The van der Waals surface area contributed by atoms with Gasteiger partial charge in [0.25, 0.3) is 0 Å². The molecule has 0 N–H and O–H groups in total. The Kier molecular flexibility index (Phi) is 10.7. The molecule has 2 rings (SSSR count). The van der Waals surface area contributed by atoms with E-state index in [-0.39, 0.29) is 0 Å². The Morgan fingerprint density at radius 2 is 1.12 bits per heavy atom. The third kappa shape index (κ3) is 9.27. The molecule has 0 heteroatoms. The fourth-order valence-corrected chi connectivity index (χ4v) is 5.65. The van der Waals surface area contributed by atoms with Crippen LogP contribution in [0.5, 0.6) is 0 Å². The van der Waals surface area contributed by atoms with E-state index >= 15 is 0 Å². The second-order valence-corrected chi connectivity index (χ2v) is 10.9. The highest BCUT2D eigenvalue weighted by molar-refractivity contribution is 4.78. The lowest BCUT2D eigenvalue weighted by molar-refractivity contribution is 0.182. The molecule has 0 aliphatic heterocycles. The summed E-state index contributed by atoms with van der Waals surface area (Å²) in [6.45, 7) is 7.42. The van der Waals surface area contributed by atoms with E-state index in [9.17, 15) is 0 Å². The minimum Gasteiger partial charge on any atom is -0.0622 e. The molecule has 26 heavy (non-hydrogen) atoms. The van der Waals surface area contributed by atoms with Gasteiger partial charge in [-0.05, 0) is 48.9 Å². The molecular weight excluding hydrogens is 312 g/mol. The van der Waals surface area contributed by atoms with Crippen molar-refractivity contribution in [2.75, 3.05) is 0 Å². The molecule has 0 amide bonds. The third-order valence-corrected chi connectivity index (χ3v) is 7.94. The molecule has 0 heterocycles. The van der Waals surface area contributed by atoms with Crippen molar-refractivity contribution >= 4 is 0 Å². The summed E-state index contributed by atoms with van der Waals surface area (Å²) in [7, 11) is 0. The van der Waals surface area contributed by atoms with Crippen LogP contribution in [0.4, 0.5) is 0 Å². The standard InChI is InChI=1S/C26H50/c1-23-15-13-14-18-25(23)17-12-10-8-6-4-5-7-9-11-16-24-19-21-26(2,3)22-20-24/h23-25H,4-22H2,1-3H3. The molecule has 2 unspecified atom stereocenters. The summed E-state index contributed by atoms with van der Waals surface area (Å²) in [5.74, 6) is 3.15. The Bertz CT molecular complexity index is 332. The Morgan fingerprint density at radius 1 is 0.615 bits per heavy atom. The van der Waals surface area contributed by atoms with Crippen molar-refractivity contribution in [3.8, 4) is 0 Å². The molecule has 2 aliphatic rings. The lowest BCUT2D eigenvalue weighted by Crippen LogP contribution is -2.21. The summed E-state index contributed by atoms with van der Waals surface area (Å²) in [6.07, 6.45) is 28.5. The van der Waals surface area contributed by atoms with Gasteiger partial charge in [-0.3, -0.25) is 0 Å². The smallest absolute Gasteiger partial charge is 0.0354 e. The highest BCUT2D eigenvalue weighted by Gasteiger charge is 2.26. The van der Waals surface area contributed by atoms with Crippen LogP contribution in [0.25, 0.3) is 0 Å². The zero-order chi connectivity index (χ0) is 18.7. The predicted octanol–water partition coefficient (Wildman–Crippen LogP) is 9.32. The van der Waals surface area contributed by atoms with Crippen molar-refractivity contribution in [1.82, 2.24) is 0 Å². The van der Waals surface area contributed by atoms with E-state index in [0.29, 0.717) is 5.41 Å². The monoisotopic (exact) mass is 362 g/mol. The molecule has 0 radical (unpaired) electrons. The maximum Gasteiger partial charge on any atom is -0.0354 e. The molecular formula is C26H50. The fourth-order valence-electron chi connectivity index (χ4n) is 5.65. The Morgan fingerprint density at radius 3 is 1.69 bits per heavy atom. The lowest BCUT2D eigenvalue weighted by Gasteiger charge is -2.34. The van der Waals surface area contributed by atoms with Crippen molar-refractivity contribution in [3.63, 3.8) is 0 Å². The number of hydrogen-bond acceptors (Lipinski definition) is 0. The first kappa shape index (κ1) is 22.3. The summed E-state index contributed by atoms with van der Waals surface area (Å²) >= 11 is 0. The molecule has 0 nitrogen and oxygen atoms in total. The zero-order valence-electron chi connectivity index (χ0n) is 18.7. The first-order valence-electron chi connectivity index (χ1n) is 12.6. The Labute approximate surface area is 166 Å². The largest absolute Gasteiger partial charge is 0.0622 e. The molecule has 154 valence electrons. The van der Waals surface area contributed by atoms with Crippen LogP contribution < -0.4 is 0 Å². The first-order chi connectivity index (χ1) is 12.6. The SMILES string of the molecule is CC1CCCCC1CCCCCCCCCCCC1CCC(C)(C)CC1. The van der Waals surface area contributed by atoms with Gasteiger partial charge in [0.1, 0.15) is 0 Å². The topological polar surface area (TPSA) is 0 Å². The van der Waals surface area contributed by atoms with Crippen molar-refractivity contribution < 1.29 is 0 Å². The van der Waals surface area contributed by atoms with Gasteiger partial charge >= 0.3 is 0 Å². The van der Waals surface area contributed by atoms with Crippen LogP contribution in [-0.2, 0) is 0 Å². The van der Waals surface area contributed by atoms with Gasteiger partial charge in [0.2, 0.25) is 0 Å². The number of hydrogen-bond donors (Lipinski definition) is 0. The van der Waals surface area contributed by atoms with E-state index in [2.05, 4.69) is 20.8 Å². The second-order valence-electron chi connectivity index (χ2n) is 10.9. The number of unbranched alkanes of at least 4 members (excludes halogenated alkanes) is 8. The van der Waals surface area contributed by atoms with E-state index in [1.165, 1.54) is 122 Å². The van der Waals surface area contributed by atoms with Crippen LogP contribution in [-0.4, -0.2) is 0 Å². The Hall–Kier alpha value is 0. The molecule has 0 aromatic rings. The predicted molar refractivity (Wildman–Crippen MR) is 118 cm³/mol. The molecule has 2 aliphatic carbocycles. The molecule has 0 saturated heterocycles. The summed E-state index contributed by atoms with van der Waals surface area (Å²) in [5, 5.41) is 0. The molecule has 2 atom stereocenters. The van der Waals surface area contributed by atoms with E-state index < -0.39 is 0 Å². The summed E-state index contributed by atoms with van der Waals surface area (Å²) in [5.41, 5.74) is 0.644. The van der Waals surface area contributed by atoms with Crippen molar-refractivity contribution in [2.45, 2.75) is 143 Å². The first-order valence-corrected chi connectivity index (χ1v) is 12.6. The van der Waals surface area contributed by atoms with Crippen molar-refractivity contribution in [1.29, 1.82) is 0 Å². The normalized spacial score (nSPS) is 26.9. The molecule has 2 saturated carbocycles. The van der Waals surface area contributed by atoms with Crippen molar-refractivity contribution in [2.24, 2.45) is 23.2 Å². The summed E-state index contributed by atoms with van der Waals surface area (Å²) in [4.78, 5) is 0. The van der Waals surface area contributed by atoms with Crippen LogP contribution in [0.2, 0.25) is 0 Å². The minimum absolute atomic E-state index is 0.644. The third-order valence-electron chi connectivity index (χ3n) is 7.94. The van der Waals surface area contributed by atoms with Crippen LogP contribution in [0.3, 0.4) is 0 Å². The van der Waals surface area contributed by atoms with Gasteiger partial charge < -0.3 is 0 Å². The van der Waals surface area contributed by atoms with Crippen LogP contribution in [0, 0.1) is 23.2 Å². The van der Waals surface area contributed by atoms with Gasteiger partial charge in [-0.1, -0.05) is 117 Å². The molecule has 0 bridgehead atoms. The maximum absolute atomic E-state index is 2.50. The molecule has 0 spiro atoms. The number of rotatable bonds is 12. The second kappa shape index (κ2) is 12.5. The fraction of sp³-hybridized carbons (Fsp3) is 1.00. The van der Waals surface area contributed by atoms with Gasteiger partial charge in [-0.2, -0.15) is 0 Å². The summed E-state index contributed by atoms with van der Waals surface area (Å²) in [6, 6.07) is 0. The Balaban J connectivity index is 1.31. The van der Waals surface area contributed by atoms with E-state index in [4.69, 9.17) is 0 Å². The van der Waals surface area contributed by atoms with Crippen LogP contribution >= 0.6 is 0 Å². The maximum atomic E-state index is 2.50. The van der Waals surface area contributed by atoms with E-state index in [1.54, 1.807) is 0 Å². The lowest BCUT2D eigenvalue weighted by atomic mass is 9.72. The van der Waals surface area contributed by atoms with E-state index in [0.717, 1.165) is 17.8 Å². The molecule has 0 aromatic heterocycles. The van der Waals surface area contributed by atoms with E-state index in [1.807, 2.05) is 0 Å².